The van der Waals surface area contributed by atoms with Crippen LogP contribution < -0.4 is 5.32 Å². The van der Waals surface area contributed by atoms with Crippen molar-refractivity contribution in [3.63, 3.8) is 0 Å². The van der Waals surface area contributed by atoms with Gasteiger partial charge in [-0.15, -0.1) is 0 Å². The highest BCUT2D eigenvalue weighted by Gasteiger charge is 2.33. The second-order valence-corrected chi connectivity index (χ2v) is 6.30. The van der Waals surface area contributed by atoms with Crippen LogP contribution >= 0.6 is 0 Å². The van der Waals surface area contributed by atoms with Crippen molar-refractivity contribution in [3.8, 4) is 0 Å². The van der Waals surface area contributed by atoms with Gasteiger partial charge in [0.05, 0.1) is 0 Å². The van der Waals surface area contributed by atoms with Crippen LogP contribution in [0.1, 0.15) is 36.8 Å². The monoisotopic (exact) mass is 272 g/mol. The van der Waals surface area contributed by atoms with Crippen molar-refractivity contribution in [2.24, 2.45) is 5.92 Å². The molecule has 3 rings (SSSR count). The van der Waals surface area contributed by atoms with E-state index in [1.165, 1.54) is 24.0 Å². The molecule has 108 valence electrons. The SMILES string of the molecule is Cc1cccc(CN(C(=O)CC2CCNC2)C2CC2)c1. The summed E-state index contributed by atoms with van der Waals surface area (Å²) in [7, 11) is 0. The third kappa shape index (κ3) is 3.40. The van der Waals surface area contributed by atoms with Gasteiger partial charge in [0.1, 0.15) is 0 Å². The predicted octanol–water partition coefficient (Wildman–Crippen LogP) is 2.49. The van der Waals surface area contributed by atoms with Gasteiger partial charge >= 0.3 is 0 Å². The van der Waals surface area contributed by atoms with Crippen LogP contribution in [0.15, 0.2) is 24.3 Å². The van der Waals surface area contributed by atoms with E-state index in [2.05, 4.69) is 41.4 Å². The van der Waals surface area contributed by atoms with E-state index in [1.807, 2.05) is 0 Å². The number of aryl methyl sites for hydroxylation is 1. The Morgan fingerprint density at radius 1 is 1.35 bits per heavy atom. The van der Waals surface area contributed by atoms with Crippen LogP contribution in [0.4, 0.5) is 0 Å². The molecule has 1 aliphatic heterocycles. The van der Waals surface area contributed by atoms with E-state index < -0.39 is 0 Å². The average Bonchev–Trinajstić information content (AvgIpc) is 3.14. The first kappa shape index (κ1) is 13.6. The van der Waals surface area contributed by atoms with E-state index in [9.17, 15) is 4.79 Å². The minimum Gasteiger partial charge on any atom is -0.335 e. The molecule has 3 heteroatoms. The van der Waals surface area contributed by atoms with Crippen LogP contribution in [0.3, 0.4) is 0 Å². The van der Waals surface area contributed by atoms with Crippen LogP contribution in [0.2, 0.25) is 0 Å². The van der Waals surface area contributed by atoms with Crippen molar-refractivity contribution in [2.45, 2.75) is 45.2 Å². The fraction of sp³-hybridized carbons (Fsp3) is 0.588. The molecule has 1 atom stereocenters. The molecule has 1 aromatic rings. The number of nitrogens with zero attached hydrogens (tertiary/aromatic N) is 1. The molecule has 1 heterocycles. The lowest BCUT2D eigenvalue weighted by atomic mass is 10.0. The summed E-state index contributed by atoms with van der Waals surface area (Å²) in [4.78, 5) is 14.7. The molecule has 1 N–H and O–H groups in total. The summed E-state index contributed by atoms with van der Waals surface area (Å²) < 4.78 is 0. The van der Waals surface area contributed by atoms with Crippen molar-refractivity contribution in [2.75, 3.05) is 13.1 Å². The molecule has 1 saturated heterocycles. The Morgan fingerprint density at radius 3 is 2.85 bits per heavy atom. The largest absolute Gasteiger partial charge is 0.335 e. The third-order valence-electron chi connectivity index (χ3n) is 4.37. The van der Waals surface area contributed by atoms with Crippen LogP contribution in [0.25, 0.3) is 0 Å². The maximum absolute atomic E-state index is 12.6. The molecular weight excluding hydrogens is 248 g/mol. The minimum absolute atomic E-state index is 0.350. The average molecular weight is 272 g/mol. The number of benzene rings is 1. The van der Waals surface area contributed by atoms with E-state index in [4.69, 9.17) is 0 Å². The normalized spacial score (nSPS) is 21.9. The van der Waals surface area contributed by atoms with Crippen LogP contribution in [0.5, 0.6) is 0 Å². The second-order valence-electron chi connectivity index (χ2n) is 6.30. The number of hydrogen-bond acceptors (Lipinski definition) is 2. The molecule has 0 radical (unpaired) electrons. The molecule has 2 fully saturated rings. The van der Waals surface area contributed by atoms with E-state index in [0.717, 1.165) is 32.5 Å². The molecule has 0 bridgehead atoms. The molecule has 1 saturated carbocycles. The highest BCUT2D eigenvalue weighted by atomic mass is 16.2. The summed E-state index contributed by atoms with van der Waals surface area (Å²) in [6.45, 7) is 4.97. The van der Waals surface area contributed by atoms with Gasteiger partial charge in [-0.05, 0) is 50.8 Å². The highest BCUT2D eigenvalue weighted by Crippen LogP contribution is 2.30. The maximum atomic E-state index is 12.6. The minimum atomic E-state index is 0.350. The summed E-state index contributed by atoms with van der Waals surface area (Å²) >= 11 is 0. The van der Waals surface area contributed by atoms with Gasteiger partial charge in [-0.2, -0.15) is 0 Å². The van der Waals surface area contributed by atoms with E-state index in [-0.39, 0.29) is 0 Å². The lowest BCUT2D eigenvalue weighted by Gasteiger charge is -2.24. The summed E-state index contributed by atoms with van der Waals surface area (Å²) in [6, 6.07) is 9.02. The van der Waals surface area contributed by atoms with E-state index in [1.54, 1.807) is 0 Å². The Balaban J connectivity index is 1.64. The van der Waals surface area contributed by atoms with Gasteiger partial charge < -0.3 is 10.2 Å². The number of rotatable bonds is 5. The fourth-order valence-electron chi connectivity index (χ4n) is 3.07. The van der Waals surface area contributed by atoms with Gasteiger partial charge in [-0.1, -0.05) is 29.8 Å². The molecule has 1 aromatic carbocycles. The molecule has 20 heavy (non-hydrogen) atoms. The predicted molar refractivity (Wildman–Crippen MR) is 80.3 cm³/mol. The third-order valence-corrected chi connectivity index (χ3v) is 4.37. The maximum Gasteiger partial charge on any atom is 0.223 e. The number of hydrogen-bond donors (Lipinski definition) is 1. The summed E-state index contributed by atoms with van der Waals surface area (Å²) in [6.07, 6.45) is 4.23. The van der Waals surface area contributed by atoms with Crippen molar-refractivity contribution < 1.29 is 4.79 Å². The van der Waals surface area contributed by atoms with E-state index in [0.29, 0.717) is 17.9 Å². The topological polar surface area (TPSA) is 32.3 Å². The molecular formula is C17H24N2O. The first-order valence-corrected chi connectivity index (χ1v) is 7.78. The zero-order valence-corrected chi connectivity index (χ0v) is 12.3. The smallest absolute Gasteiger partial charge is 0.223 e. The fourth-order valence-corrected chi connectivity index (χ4v) is 3.07. The van der Waals surface area contributed by atoms with E-state index >= 15 is 0 Å². The summed E-state index contributed by atoms with van der Waals surface area (Å²) in [5.41, 5.74) is 2.53. The summed E-state index contributed by atoms with van der Waals surface area (Å²) in [5.74, 6) is 0.893. The molecule has 1 unspecified atom stereocenters. The number of amides is 1. The molecule has 2 aliphatic rings. The van der Waals surface area contributed by atoms with Crippen molar-refractivity contribution in [1.29, 1.82) is 0 Å². The Morgan fingerprint density at radius 2 is 2.20 bits per heavy atom. The molecule has 1 aliphatic carbocycles. The lowest BCUT2D eigenvalue weighted by Crippen LogP contribution is -2.34. The first-order chi connectivity index (χ1) is 9.72. The van der Waals surface area contributed by atoms with Crippen LogP contribution in [-0.4, -0.2) is 29.9 Å². The molecule has 0 aromatic heterocycles. The number of carbonyl (C=O) groups is 1. The molecule has 3 nitrogen and oxygen atoms in total. The Hall–Kier alpha value is -1.35. The second kappa shape index (κ2) is 5.96. The van der Waals surface area contributed by atoms with Crippen molar-refractivity contribution in [3.05, 3.63) is 35.4 Å². The Labute approximate surface area is 121 Å². The van der Waals surface area contributed by atoms with Gasteiger partial charge in [-0.3, -0.25) is 4.79 Å². The number of carbonyl (C=O) groups excluding carboxylic acids is 1. The Kier molecular flexibility index (Phi) is 4.06. The van der Waals surface area contributed by atoms with Gasteiger partial charge in [-0.25, -0.2) is 0 Å². The zero-order chi connectivity index (χ0) is 13.9. The first-order valence-electron chi connectivity index (χ1n) is 7.78. The van der Waals surface area contributed by atoms with Gasteiger partial charge in [0.2, 0.25) is 5.91 Å². The Bertz CT molecular complexity index is 476. The summed E-state index contributed by atoms with van der Waals surface area (Å²) in [5, 5.41) is 3.35. The van der Waals surface area contributed by atoms with Crippen LogP contribution in [0, 0.1) is 12.8 Å². The van der Waals surface area contributed by atoms with Gasteiger partial charge in [0, 0.05) is 19.0 Å². The van der Waals surface area contributed by atoms with Crippen LogP contribution in [-0.2, 0) is 11.3 Å². The number of nitrogens with one attached hydrogen (secondary N) is 1. The van der Waals surface area contributed by atoms with Crippen molar-refractivity contribution in [1.82, 2.24) is 10.2 Å². The zero-order valence-electron chi connectivity index (χ0n) is 12.3. The molecule has 1 amide bonds. The van der Waals surface area contributed by atoms with Gasteiger partial charge in [0.15, 0.2) is 0 Å². The molecule has 0 spiro atoms. The van der Waals surface area contributed by atoms with Gasteiger partial charge in [0.25, 0.3) is 0 Å². The standard InChI is InChI=1S/C17H24N2O/c1-13-3-2-4-15(9-13)12-19(16-5-6-16)17(20)10-14-7-8-18-11-14/h2-4,9,14,16,18H,5-8,10-12H2,1H3. The quantitative estimate of drug-likeness (QED) is 0.893. The highest BCUT2D eigenvalue weighted by molar-refractivity contribution is 5.77. The lowest BCUT2D eigenvalue weighted by molar-refractivity contribution is -0.133. The van der Waals surface area contributed by atoms with Crippen molar-refractivity contribution >= 4 is 5.91 Å².